The van der Waals surface area contributed by atoms with Crippen molar-refractivity contribution in [2.75, 3.05) is 26.4 Å². The SMILES string of the molecule is CC(C)COCCOC(=O)CCCCN. The summed E-state index contributed by atoms with van der Waals surface area (Å²) in [5.74, 6) is 0.363. The molecule has 2 N–H and O–H groups in total. The van der Waals surface area contributed by atoms with Crippen LogP contribution in [0.3, 0.4) is 0 Å². The highest BCUT2D eigenvalue weighted by atomic mass is 16.6. The lowest BCUT2D eigenvalue weighted by molar-refractivity contribution is -0.145. The minimum absolute atomic E-state index is 0.156. The maximum Gasteiger partial charge on any atom is 0.305 e. The molecule has 0 heterocycles. The minimum atomic E-state index is -0.156. The predicted octanol–water partition coefficient (Wildman–Crippen LogP) is 1.33. The zero-order chi connectivity index (χ0) is 11.5. The van der Waals surface area contributed by atoms with Crippen molar-refractivity contribution < 1.29 is 14.3 Å². The van der Waals surface area contributed by atoms with Crippen LogP contribution in [0, 0.1) is 5.92 Å². The van der Waals surface area contributed by atoms with Crippen LogP contribution >= 0.6 is 0 Å². The van der Waals surface area contributed by atoms with Gasteiger partial charge in [0.05, 0.1) is 6.61 Å². The highest BCUT2D eigenvalue weighted by molar-refractivity contribution is 5.69. The third-order valence-electron chi connectivity index (χ3n) is 1.78. The number of hydrogen-bond acceptors (Lipinski definition) is 4. The van der Waals surface area contributed by atoms with Crippen LogP contribution in [-0.2, 0) is 14.3 Å². The van der Waals surface area contributed by atoms with Gasteiger partial charge in [-0.25, -0.2) is 0 Å². The third kappa shape index (κ3) is 11.3. The van der Waals surface area contributed by atoms with Gasteiger partial charge in [0, 0.05) is 13.0 Å². The summed E-state index contributed by atoms with van der Waals surface area (Å²) in [5.41, 5.74) is 5.31. The van der Waals surface area contributed by atoms with Crippen LogP contribution in [0.2, 0.25) is 0 Å². The van der Waals surface area contributed by atoms with Crippen LogP contribution in [-0.4, -0.2) is 32.3 Å². The molecule has 90 valence electrons. The monoisotopic (exact) mass is 217 g/mol. The fourth-order valence-electron chi connectivity index (χ4n) is 1.02. The largest absolute Gasteiger partial charge is 0.463 e. The molecule has 0 atom stereocenters. The van der Waals surface area contributed by atoms with E-state index in [-0.39, 0.29) is 5.97 Å². The van der Waals surface area contributed by atoms with Crippen LogP contribution in [0.5, 0.6) is 0 Å². The molecule has 0 spiro atoms. The molecule has 4 heteroatoms. The second-order valence-electron chi connectivity index (χ2n) is 3.94. The standard InChI is InChI=1S/C11H23NO3/c1-10(2)9-14-7-8-15-11(13)5-3-4-6-12/h10H,3-9,12H2,1-2H3. The molecule has 0 fully saturated rings. The number of unbranched alkanes of at least 4 members (excludes halogenated alkanes) is 1. The molecule has 0 radical (unpaired) electrons. The van der Waals surface area contributed by atoms with Gasteiger partial charge in [0.25, 0.3) is 0 Å². The van der Waals surface area contributed by atoms with Crippen molar-refractivity contribution in [2.45, 2.75) is 33.1 Å². The van der Waals surface area contributed by atoms with Crippen LogP contribution in [0.4, 0.5) is 0 Å². The maximum absolute atomic E-state index is 11.1. The number of rotatable bonds is 9. The molecule has 0 aliphatic rings. The number of carbonyl (C=O) groups excluding carboxylic acids is 1. The summed E-state index contributed by atoms with van der Waals surface area (Å²) in [6.45, 7) is 6.35. The summed E-state index contributed by atoms with van der Waals surface area (Å²) in [5, 5.41) is 0. The predicted molar refractivity (Wildman–Crippen MR) is 59.5 cm³/mol. The summed E-state index contributed by atoms with van der Waals surface area (Å²) in [6, 6.07) is 0. The first-order chi connectivity index (χ1) is 7.16. The quantitative estimate of drug-likeness (QED) is 0.467. The second-order valence-corrected chi connectivity index (χ2v) is 3.94. The first kappa shape index (κ1) is 14.4. The summed E-state index contributed by atoms with van der Waals surface area (Å²) in [6.07, 6.45) is 2.14. The Balaban J connectivity index is 3.17. The van der Waals surface area contributed by atoms with Gasteiger partial charge in [-0.2, -0.15) is 0 Å². The van der Waals surface area contributed by atoms with Crippen LogP contribution < -0.4 is 5.73 Å². The van der Waals surface area contributed by atoms with Gasteiger partial charge in [-0.1, -0.05) is 13.8 Å². The Bertz CT molecular complexity index is 160. The molecule has 0 unspecified atom stereocenters. The van der Waals surface area contributed by atoms with Gasteiger partial charge in [0.2, 0.25) is 0 Å². The lowest BCUT2D eigenvalue weighted by atomic mass is 10.2. The Morgan fingerprint density at radius 1 is 1.27 bits per heavy atom. The van der Waals surface area contributed by atoms with E-state index in [0.717, 1.165) is 12.8 Å². The van der Waals surface area contributed by atoms with Crippen molar-refractivity contribution in [3.8, 4) is 0 Å². The normalized spacial score (nSPS) is 10.7. The number of nitrogens with two attached hydrogens (primary N) is 1. The summed E-state index contributed by atoms with van der Waals surface area (Å²) < 4.78 is 10.2. The van der Waals surface area contributed by atoms with Gasteiger partial charge in [0.1, 0.15) is 6.61 Å². The van der Waals surface area contributed by atoms with Crippen molar-refractivity contribution in [3.63, 3.8) is 0 Å². The number of esters is 1. The first-order valence-electron chi connectivity index (χ1n) is 5.60. The fraction of sp³-hybridized carbons (Fsp3) is 0.909. The van der Waals surface area contributed by atoms with Crippen molar-refractivity contribution in [1.29, 1.82) is 0 Å². The van der Waals surface area contributed by atoms with Crippen LogP contribution in [0.25, 0.3) is 0 Å². The molecule has 0 aliphatic carbocycles. The van der Waals surface area contributed by atoms with E-state index < -0.39 is 0 Å². The highest BCUT2D eigenvalue weighted by Gasteiger charge is 2.01. The molecule has 0 rings (SSSR count). The van der Waals surface area contributed by atoms with Crippen molar-refractivity contribution in [3.05, 3.63) is 0 Å². The lowest BCUT2D eigenvalue weighted by Gasteiger charge is -2.07. The average molecular weight is 217 g/mol. The number of ether oxygens (including phenoxy) is 2. The molecule has 0 aromatic rings. The summed E-state index contributed by atoms with van der Waals surface area (Å²) in [7, 11) is 0. The van der Waals surface area contributed by atoms with Crippen LogP contribution in [0.15, 0.2) is 0 Å². The zero-order valence-corrected chi connectivity index (χ0v) is 9.83. The highest BCUT2D eigenvalue weighted by Crippen LogP contribution is 1.97. The summed E-state index contributed by atoms with van der Waals surface area (Å²) >= 11 is 0. The zero-order valence-electron chi connectivity index (χ0n) is 9.83. The molecule has 0 saturated carbocycles. The van der Waals surface area contributed by atoms with E-state index >= 15 is 0 Å². The Hall–Kier alpha value is -0.610. The average Bonchev–Trinajstić information content (AvgIpc) is 2.17. The second kappa shape index (κ2) is 9.93. The van der Waals surface area contributed by atoms with E-state index in [1.165, 1.54) is 0 Å². The maximum atomic E-state index is 11.1. The first-order valence-corrected chi connectivity index (χ1v) is 5.60. The number of hydrogen-bond donors (Lipinski definition) is 1. The molecule has 0 bridgehead atoms. The van der Waals surface area contributed by atoms with Gasteiger partial charge in [-0.3, -0.25) is 4.79 Å². The van der Waals surface area contributed by atoms with Gasteiger partial charge in [-0.05, 0) is 25.3 Å². The van der Waals surface area contributed by atoms with E-state index in [2.05, 4.69) is 13.8 Å². The van der Waals surface area contributed by atoms with E-state index in [9.17, 15) is 4.79 Å². The van der Waals surface area contributed by atoms with Crippen LogP contribution in [0.1, 0.15) is 33.1 Å². The van der Waals surface area contributed by atoms with Gasteiger partial charge in [-0.15, -0.1) is 0 Å². The molecule has 0 aromatic heterocycles. The molecule has 15 heavy (non-hydrogen) atoms. The van der Waals surface area contributed by atoms with Crippen molar-refractivity contribution >= 4 is 5.97 Å². The Morgan fingerprint density at radius 3 is 2.60 bits per heavy atom. The molecule has 0 aliphatic heterocycles. The molecule has 0 saturated heterocycles. The third-order valence-corrected chi connectivity index (χ3v) is 1.78. The van der Waals surface area contributed by atoms with Gasteiger partial charge < -0.3 is 15.2 Å². The van der Waals surface area contributed by atoms with Crippen molar-refractivity contribution in [1.82, 2.24) is 0 Å². The molecular weight excluding hydrogens is 194 g/mol. The molecule has 0 amide bonds. The van der Waals surface area contributed by atoms with E-state index in [4.69, 9.17) is 15.2 Å². The Labute approximate surface area is 92.1 Å². The van der Waals surface area contributed by atoms with E-state index in [1.807, 2.05) is 0 Å². The Morgan fingerprint density at radius 2 is 2.00 bits per heavy atom. The van der Waals surface area contributed by atoms with Gasteiger partial charge >= 0.3 is 5.97 Å². The van der Waals surface area contributed by atoms with E-state index in [0.29, 0.717) is 38.7 Å². The molecule has 0 aromatic carbocycles. The Kier molecular flexibility index (Phi) is 9.52. The topological polar surface area (TPSA) is 61.5 Å². The molecule has 4 nitrogen and oxygen atoms in total. The lowest BCUT2D eigenvalue weighted by Crippen LogP contribution is -2.12. The summed E-state index contributed by atoms with van der Waals surface area (Å²) in [4.78, 5) is 11.1. The smallest absolute Gasteiger partial charge is 0.305 e. The fourth-order valence-corrected chi connectivity index (χ4v) is 1.02. The van der Waals surface area contributed by atoms with Gasteiger partial charge in [0.15, 0.2) is 0 Å². The number of carbonyl (C=O) groups is 1. The minimum Gasteiger partial charge on any atom is -0.463 e. The molecular formula is C11H23NO3. The van der Waals surface area contributed by atoms with Crippen molar-refractivity contribution in [2.24, 2.45) is 11.7 Å². The van der Waals surface area contributed by atoms with E-state index in [1.54, 1.807) is 0 Å².